The molecule has 0 aliphatic carbocycles. The van der Waals surface area contributed by atoms with Gasteiger partial charge in [-0.05, 0) is 31.3 Å². The number of sulfonamides is 1. The van der Waals surface area contributed by atoms with Crippen molar-refractivity contribution in [1.29, 1.82) is 0 Å². The topological polar surface area (TPSA) is 76.0 Å². The molecule has 2 N–H and O–H groups in total. The summed E-state index contributed by atoms with van der Waals surface area (Å²) >= 11 is 0. The van der Waals surface area contributed by atoms with Crippen molar-refractivity contribution in [2.45, 2.75) is 18.2 Å². The predicted octanol–water partition coefficient (Wildman–Crippen LogP) is -0.0560. The molecule has 0 aromatic carbocycles. The van der Waals surface area contributed by atoms with Gasteiger partial charge in [0.05, 0.1) is 6.20 Å². The lowest BCUT2D eigenvalue weighted by Crippen LogP contribution is -2.41. The van der Waals surface area contributed by atoms with E-state index in [9.17, 15) is 8.42 Å². The number of nitrogens with zero attached hydrogens (tertiary/aromatic N) is 2. The number of rotatable bonds is 4. The molecule has 102 valence electrons. The van der Waals surface area contributed by atoms with Gasteiger partial charge in [-0.15, -0.1) is 0 Å². The zero-order valence-corrected chi connectivity index (χ0v) is 11.6. The van der Waals surface area contributed by atoms with Crippen LogP contribution >= 0.6 is 0 Å². The molecule has 1 fully saturated rings. The number of aromatic nitrogens is 2. The number of piperidine rings is 1. The van der Waals surface area contributed by atoms with Crippen LogP contribution in [0.4, 0.5) is 0 Å². The predicted molar refractivity (Wildman–Crippen MR) is 68.5 cm³/mol. The van der Waals surface area contributed by atoms with Crippen LogP contribution in [0.3, 0.4) is 0 Å². The van der Waals surface area contributed by atoms with Crippen molar-refractivity contribution in [3.8, 4) is 0 Å². The fraction of sp³-hybridized carbons (Fsp3) is 0.727. The maximum atomic E-state index is 12.0. The molecular weight excluding hydrogens is 252 g/mol. The Bertz CT molecular complexity index is 497. The molecule has 1 saturated heterocycles. The lowest BCUT2D eigenvalue weighted by Gasteiger charge is -2.29. The maximum absolute atomic E-state index is 12.0. The van der Waals surface area contributed by atoms with E-state index >= 15 is 0 Å². The standard InChI is InChI=1S/C11H20N4O2S/c1-9-5-12-4-3-10(9)6-14-18(16,17)11-7-13-15(2)8-11/h7-10,12,14H,3-6H2,1-2H3. The van der Waals surface area contributed by atoms with Crippen LogP contribution in [-0.2, 0) is 17.1 Å². The van der Waals surface area contributed by atoms with E-state index in [-0.39, 0.29) is 4.90 Å². The molecule has 1 aromatic heterocycles. The van der Waals surface area contributed by atoms with Crippen molar-refractivity contribution in [2.24, 2.45) is 18.9 Å². The third-order valence-electron chi connectivity index (χ3n) is 3.49. The molecule has 0 amide bonds. The molecule has 1 aliphatic rings. The Morgan fingerprint density at radius 2 is 2.39 bits per heavy atom. The van der Waals surface area contributed by atoms with E-state index in [1.807, 2.05) is 0 Å². The van der Waals surface area contributed by atoms with Crippen molar-refractivity contribution < 1.29 is 8.42 Å². The molecule has 2 heterocycles. The molecule has 2 unspecified atom stereocenters. The number of nitrogens with one attached hydrogen (secondary N) is 2. The summed E-state index contributed by atoms with van der Waals surface area (Å²) in [5, 5.41) is 7.19. The summed E-state index contributed by atoms with van der Waals surface area (Å²) in [5.41, 5.74) is 0. The second-order valence-electron chi connectivity index (χ2n) is 4.93. The molecule has 0 saturated carbocycles. The molecule has 1 aromatic rings. The Balaban J connectivity index is 1.96. The SMILES string of the molecule is CC1CNCCC1CNS(=O)(=O)c1cnn(C)c1. The molecular formula is C11H20N4O2S. The quantitative estimate of drug-likeness (QED) is 0.805. The Morgan fingerprint density at radius 1 is 1.61 bits per heavy atom. The molecule has 0 bridgehead atoms. The van der Waals surface area contributed by atoms with Gasteiger partial charge in [0, 0.05) is 19.8 Å². The van der Waals surface area contributed by atoms with Gasteiger partial charge in [-0.2, -0.15) is 5.10 Å². The molecule has 0 spiro atoms. The van der Waals surface area contributed by atoms with Gasteiger partial charge in [-0.25, -0.2) is 13.1 Å². The van der Waals surface area contributed by atoms with Crippen molar-refractivity contribution in [3.05, 3.63) is 12.4 Å². The van der Waals surface area contributed by atoms with Crippen molar-refractivity contribution in [1.82, 2.24) is 19.8 Å². The fourth-order valence-corrected chi connectivity index (χ4v) is 3.29. The minimum atomic E-state index is -3.42. The van der Waals surface area contributed by atoms with Gasteiger partial charge in [0.1, 0.15) is 4.90 Å². The monoisotopic (exact) mass is 272 g/mol. The first-order valence-electron chi connectivity index (χ1n) is 6.18. The average Bonchev–Trinajstić information content (AvgIpc) is 2.76. The van der Waals surface area contributed by atoms with Gasteiger partial charge in [0.25, 0.3) is 0 Å². The summed E-state index contributed by atoms with van der Waals surface area (Å²) < 4.78 is 28.2. The van der Waals surface area contributed by atoms with E-state index in [1.165, 1.54) is 17.1 Å². The van der Waals surface area contributed by atoms with Crippen LogP contribution in [0.2, 0.25) is 0 Å². The highest BCUT2D eigenvalue weighted by atomic mass is 32.2. The minimum Gasteiger partial charge on any atom is -0.316 e. The number of hydrogen-bond donors (Lipinski definition) is 2. The van der Waals surface area contributed by atoms with Crippen molar-refractivity contribution >= 4 is 10.0 Å². The maximum Gasteiger partial charge on any atom is 0.243 e. The largest absolute Gasteiger partial charge is 0.316 e. The summed E-state index contributed by atoms with van der Waals surface area (Å²) in [5.74, 6) is 0.896. The van der Waals surface area contributed by atoms with E-state index in [2.05, 4.69) is 22.1 Å². The van der Waals surface area contributed by atoms with Gasteiger partial charge in [-0.1, -0.05) is 6.92 Å². The second-order valence-corrected chi connectivity index (χ2v) is 6.70. The third-order valence-corrected chi connectivity index (χ3v) is 4.87. The molecule has 2 rings (SSSR count). The summed E-state index contributed by atoms with van der Waals surface area (Å²) in [7, 11) is -1.71. The van der Waals surface area contributed by atoms with Gasteiger partial charge < -0.3 is 5.32 Å². The number of hydrogen-bond acceptors (Lipinski definition) is 4. The van der Waals surface area contributed by atoms with Crippen LogP contribution in [0.25, 0.3) is 0 Å². The van der Waals surface area contributed by atoms with Gasteiger partial charge >= 0.3 is 0 Å². The van der Waals surface area contributed by atoms with Gasteiger partial charge in [0.2, 0.25) is 10.0 Å². The lowest BCUT2D eigenvalue weighted by molar-refractivity contribution is 0.274. The van der Waals surface area contributed by atoms with Crippen LogP contribution in [0.15, 0.2) is 17.3 Å². The Labute approximate surface area is 108 Å². The molecule has 18 heavy (non-hydrogen) atoms. The van der Waals surface area contributed by atoms with E-state index in [0.717, 1.165) is 19.5 Å². The Hall–Kier alpha value is -0.920. The fourth-order valence-electron chi connectivity index (χ4n) is 2.21. The normalized spacial score (nSPS) is 25.2. The summed E-state index contributed by atoms with van der Waals surface area (Å²) in [6.45, 7) is 4.57. The van der Waals surface area contributed by atoms with E-state index in [4.69, 9.17) is 0 Å². The lowest BCUT2D eigenvalue weighted by atomic mass is 9.88. The smallest absolute Gasteiger partial charge is 0.243 e. The summed E-state index contributed by atoms with van der Waals surface area (Å²) in [6, 6.07) is 0. The molecule has 7 heteroatoms. The van der Waals surface area contributed by atoms with Crippen molar-refractivity contribution in [3.63, 3.8) is 0 Å². The number of aryl methyl sites for hydroxylation is 1. The summed E-state index contributed by atoms with van der Waals surface area (Å²) in [6.07, 6.45) is 3.89. The van der Waals surface area contributed by atoms with Crippen LogP contribution < -0.4 is 10.0 Å². The first-order valence-corrected chi connectivity index (χ1v) is 7.66. The minimum absolute atomic E-state index is 0.228. The molecule has 0 radical (unpaired) electrons. The first-order chi connectivity index (χ1) is 8.49. The van der Waals surface area contributed by atoms with Gasteiger partial charge in [0.15, 0.2) is 0 Å². The van der Waals surface area contributed by atoms with Crippen LogP contribution in [-0.4, -0.2) is 37.8 Å². The zero-order chi connectivity index (χ0) is 13.2. The highest BCUT2D eigenvalue weighted by Gasteiger charge is 2.24. The molecule has 1 aliphatic heterocycles. The van der Waals surface area contributed by atoms with Crippen molar-refractivity contribution in [2.75, 3.05) is 19.6 Å². The van der Waals surface area contributed by atoms with E-state index in [1.54, 1.807) is 7.05 Å². The van der Waals surface area contributed by atoms with E-state index < -0.39 is 10.0 Å². The molecule has 6 nitrogen and oxygen atoms in total. The zero-order valence-electron chi connectivity index (χ0n) is 10.8. The summed E-state index contributed by atoms with van der Waals surface area (Å²) in [4.78, 5) is 0.228. The van der Waals surface area contributed by atoms with Gasteiger partial charge in [-0.3, -0.25) is 4.68 Å². The molecule has 2 atom stereocenters. The first kappa shape index (κ1) is 13.5. The van der Waals surface area contributed by atoms with Crippen LogP contribution in [0.5, 0.6) is 0 Å². The Kier molecular flexibility index (Phi) is 4.04. The Morgan fingerprint density at radius 3 is 3.00 bits per heavy atom. The second kappa shape index (κ2) is 5.38. The van der Waals surface area contributed by atoms with E-state index in [0.29, 0.717) is 18.4 Å². The highest BCUT2D eigenvalue weighted by Crippen LogP contribution is 2.18. The highest BCUT2D eigenvalue weighted by molar-refractivity contribution is 7.89. The third kappa shape index (κ3) is 3.09. The van der Waals surface area contributed by atoms with Crippen LogP contribution in [0, 0.1) is 11.8 Å². The van der Waals surface area contributed by atoms with Crippen LogP contribution in [0.1, 0.15) is 13.3 Å². The average molecular weight is 272 g/mol.